The Kier molecular flexibility index (Phi) is 6.92. The zero-order valence-corrected chi connectivity index (χ0v) is 18.3. The predicted molar refractivity (Wildman–Crippen MR) is 120 cm³/mol. The number of Topliss-reactive ketones (excluding diaryl/α,β-unsaturated/α-hetero) is 1. The summed E-state index contributed by atoms with van der Waals surface area (Å²) < 4.78 is 4.37. The summed E-state index contributed by atoms with van der Waals surface area (Å²) in [5.41, 5.74) is 3.19. The first-order chi connectivity index (χ1) is 15.1. The lowest BCUT2D eigenvalue weighted by molar-refractivity contribution is -0.694. The van der Waals surface area contributed by atoms with Crippen molar-refractivity contribution in [1.29, 1.82) is 0 Å². The fourth-order valence-corrected chi connectivity index (χ4v) is 4.73. The van der Waals surface area contributed by atoms with Gasteiger partial charge in [0.2, 0.25) is 0 Å². The van der Waals surface area contributed by atoms with Crippen LogP contribution in [0.5, 0.6) is 0 Å². The first-order valence-corrected chi connectivity index (χ1v) is 11.4. The maximum atomic E-state index is 12.8. The van der Waals surface area contributed by atoms with E-state index >= 15 is 0 Å². The van der Waals surface area contributed by atoms with Crippen molar-refractivity contribution in [1.82, 2.24) is 9.55 Å². The first kappa shape index (κ1) is 21.4. The fourth-order valence-electron chi connectivity index (χ4n) is 4.73. The fraction of sp³-hybridized carbons (Fsp3) is 0.423. The van der Waals surface area contributed by atoms with Crippen LogP contribution < -0.4 is 4.57 Å². The molecule has 1 fully saturated rings. The van der Waals surface area contributed by atoms with E-state index in [1.54, 1.807) is 0 Å². The molecule has 1 atom stereocenters. The monoisotopic (exact) mass is 418 g/mol. The maximum absolute atomic E-state index is 12.8. The smallest absolute Gasteiger partial charge is 0.253 e. The zero-order valence-electron chi connectivity index (χ0n) is 18.3. The molecule has 4 rings (SSSR count). The number of imidazole rings is 1. The Morgan fingerprint density at radius 3 is 2.71 bits per heavy atom. The second-order valence-corrected chi connectivity index (χ2v) is 8.60. The molecule has 5 nitrogen and oxygen atoms in total. The highest BCUT2D eigenvalue weighted by Crippen LogP contribution is 2.37. The lowest BCUT2D eigenvalue weighted by atomic mass is 9.89. The Morgan fingerprint density at radius 2 is 1.94 bits per heavy atom. The van der Waals surface area contributed by atoms with Crippen LogP contribution in [0.2, 0.25) is 0 Å². The summed E-state index contributed by atoms with van der Waals surface area (Å²) >= 11 is 0. The number of benzene rings is 1. The molecular formula is C26H32N3O2+. The molecule has 0 radical (unpaired) electrons. The van der Waals surface area contributed by atoms with E-state index in [0.29, 0.717) is 18.8 Å². The second-order valence-electron chi connectivity index (χ2n) is 8.60. The summed E-state index contributed by atoms with van der Waals surface area (Å²) in [6.45, 7) is 3.66. The molecule has 1 aliphatic rings. The van der Waals surface area contributed by atoms with Crippen LogP contribution in [-0.4, -0.2) is 20.4 Å². The maximum Gasteiger partial charge on any atom is 0.253 e. The molecule has 0 aliphatic heterocycles. The van der Waals surface area contributed by atoms with Gasteiger partial charge >= 0.3 is 0 Å². The molecule has 2 aromatic heterocycles. The summed E-state index contributed by atoms with van der Waals surface area (Å²) in [6.07, 6.45) is 12.6. The lowest BCUT2D eigenvalue weighted by Crippen LogP contribution is -2.36. The molecule has 1 aromatic carbocycles. The average molecular weight is 419 g/mol. The van der Waals surface area contributed by atoms with Crippen LogP contribution in [0.15, 0.2) is 61.2 Å². The van der Waals surface area contributed by atoms with Crippen LogP contribution in [0.4, 0.5) is 0 Å². The van der Waals surface area contributed by atoms with E-state index in [-0.39, 0.29) is 5.78 Å². The van der Waals surface area contributed by atoms with Crippen LogP contribution in [0, 0.1) is 6.92 Å². The van der Waals surface area contributed by atoms with E-state index in [9.17, 15) is 9.90 Å². The number of carbonyl (C=O) groups is 1. The molecule has 0 amide bonds. The van der Waals surface area contributed by atoms with Gasteiger partial charge in [0, 0.05) is 25.7 Å². The highest BCUT2D eigenvalue weighted by atomic mass is 16.3. The number of pyridine rings is 1. The van der Waals surface area contributed by atoms with E-state index < -0.39 is 6.10 Å². The number of ketones is 1. The van der Waals surface area contributed by atoms with E-state index in [1.165, 1.54) is 24.0 Å². The Hall–Kier alpha value is -2.79. The largest absolute Gasteiger partial charge is 0.381 e. The Morgan fingerprint density at radius 1 is 1.19 bits per heavy atom. The van der Waals surface area contributed by atoms with Gasteiger partial charge in [0.05, 0.1) is 6.54 Å². The SMILES string of the molecule is Cc1n(CCCC(=O)C(O)c2ccccc2C2CCCC2)cc[n+]1Cc1ccncc1. The quantitative estimate of drug-likeness (QED) is 0.528. The highest BCUT2D eigenvalue weighted by Gasteiger charge is 2.25. The molecule has 3 aromatic rings. The van der Waals surface area contributed by atoms with Crippen molar-refractivity contribution in [3.63, 3.8) is 0 Å². The van der Waals surface area contributed by atoms with Gasteiger partial charge in [0.1, 0.15) is 25.0 Å². The van der Waals surface area contributed by atoms with Gasteiger partial charge in [-0.25, -0.2) is 9.13 Å². The summed E-state index contributed by atoms with van der Waals surface area (Å²) in [4.78, 5) is 16.8. The van der Waals surface area contributed by atoms with E-state index in [4.69, 9.17) is 0 Å². The minimum absolute atomic E-state index is 0.0834. The van der Waals surface area contributed by atoms with Gasteiger partial charge < -0.3 is 5.11 Å². The van der Waals surface area contributed by atoms with Crippen LogP contribution >= 0.6 is 0 Å². The van der Waals surface area contributed by atoms with Crippen molar-refractivity contribution in [3.05, 3.63) is 83.7 Å². The van der Waals surface area contributed by atoms with Gasteiger partial charge in [0.25, 0.3) is 5.82 Å². The highest BCUT2D eigenvalue weighted by molar-refractivity contribution is 5.84. The molecule has 1 N–H and O–H groups in total. The van der Waals surface area contributed by atoms with Crippen molar-refractivity contribution in [3.8, 4) is 0 Å². The molecule has 0 spiro atoms. The third kappa shape index (κ3) is 5.10. The summed E-state index contributed by atoms with van der Waals surface area (Å²) in [7, 11) is 0. The van der Waals surface area contributed by atoms with Gasteiger partial charge in [-0.15, -0.1) is 0 Å². The van der Waals surface area contributed by atoms with Crippen molar-refractivity contribution >= 4 is 5.78 Å². The number of rotatable bonds is 9. The minimum Gasteiger partial charge on any atom is -0.381 e. The van der Waals surface area contributed by atoms with Crippen molar-refractivity contribution in [2.75, 3.05) is 0 Å². The van der Waals surface area contributed by atoms with Crippen LogP contribution in [0.1, 0.15) is 73.1 Å². The van der Waals surface area contributed by atoms with Gasteiger partial charge in [-0.1, -0.05) is 37.1 Å². The number of aryl methyl sites for hydroxylation is 1. The number of hydrogen-bond acceptors (Lipinski definition) is 3. The third-order valence-electron chi connectivity index (χ3n) is 6.57. The van der Waals surface area contributed by atoms with Crippen molar-refractivity contribution < 1.29 is 14.5 Å². The number of aromatic nitrogens is 3. The lowest BCUT2D eigenvalue weighted by Gasteiger charge is -2.18. The zero-order chi connectivity index (χ0) is 21.6. The number of carbonyl (C=O) groups excluding carboxylic acids is 1. The Labute approximate surface area is 184 Å². The topological polar surface area (TPSA) is 59.0 Å². The van der Waals surface area contributed by atoms with Gasteiger partial charge in [-0.3, -0.25) is 9.78 Å². The molecule has 1 saturated carbocycles. The third-order valence-corrected chi connectivity index (χ3v) is 6.57. The second kappa shape index (κ2) is 10.0. The molecule has 5 heteroatoms. The van der Waals surface area contributed by atoms with Crippen LogP contribution in [-0.2, 0) is 17.9 Å². The van der Waals surface area contributed by atoms with E-state index in [2.05, 4.69) is 39.5 Å². The van der Waals surface area contributed by atoms with Gasteiger partial charge in [-0.2, -0.15) is 0 Å². The van der Waals surface area contributed by atoms with Crippen LogP contribution in [0.3, 0.4) is 0 Å². The number of nitrogens with zero attached hydrogens (tertiary/aromatic N) is 3. The molecule has 162 valence electrons. The van der Waals surface area contributed by atoms with E-state index in [1.807, 2.05) is 42.7 Å². The molecule has 0 saturated heterocycles. The van der Waals surface area contributed by atoms with Gasteiger partial charge in [0.15, 0.2) is 5.78 Å². The average Bonchev–Trinajstić information content (AvgIpc) is 3.45. The number of aliphatic hydroxyl groups excluding tert-OH is 1. The molecule has 0 bridgehead atoms. The molecule has 2 heterocycles. The summed E-state index contributed by atoms with van der Waals surface area (Å²) in [6, 6.07) is 12.0. The van der Waals surface area contributed by atoms with Crippen LogP contribution in [0.25, 0.3) is 0 Å². The van der Waals surface area contributed by atoms with Crippen molar-refractivity contribution in [2.45, 2.75) is 70.6 Å². The molecular weight excluding hydrogens is 386 g/mol. The predicted octanol–water partition coefficient (Wildman–Crippen LogP) is 4.27. The standard InChI is InChI=1S/C26H32N3O2/c1-20-28(17-18-29(20)19-21-12-14-27-15-13-21)16-6-11-25(30)26(31)24-10-5-4-9-23(24)22-7-2-3-8-22/h4-5,9-10,12-15,17-18,22,26,31H,2-3,6-8,11,16,19H2,1H3/q+1. The molecule has 31 heavy (non-hydrogen) atoms. The van der Waals surface area contributed by atoms with E-state index in [0.717, 1.165) is 37.3 Å². The molecule has 1 aliphatic carbocycles. The Balaban J connectivity index is 1.34. The van der Waals surface area contributed by atoms with Crippen molar-refractivity contribution in [2.24, 2.45) is 0 Å². The summed E-state index contributed by atoms with van der Waals surface area (Å²) in [5.74, 6) is 1.55. The minimum atomic E-state index is -1.01. The first-order valence-electron chi connectivity index (χ1n) is 11.4. The normalized spacial score (nSPS) is 15.3. The number of hydrogen-bond donors (Lipinski definition) is 1. The Bertz CT molecular complexity index is 1010. The summed E-state index contributed by atoms with van der Waals surface area (Å²) in [5, 5.41) is 10.8. The number of aliphatic hydroxyl groups is 1. The van der Waals surface area contributed by atoms with Gasteiger partial charge in [-0.05, 0) is 54.0 Å². The molecule has 1 unspecified atom stereocenters.